The SMILES string of the molecule is CCNC(=NCC(C)Oc1ccccc1C)NCCC(=O)NC(C)CC.I. The molecule has 1 aromatic carbocycles. The molecule has 2 unspecified atom stereocenters. The van der Waals surface area contributed by atoms with E-state index in [4.69, 9.17) is 4.74 Å². The van der Waals surface area contributed by atoms with Crippen LogP contribution in [-0.4, -0.2) is 43.6 Å². The predicted octanol–water partition coefficient (Wildman–Crippen LogP) is 3.24. The highest BCUT2D eigenvalue weighted by Gasteiger charge is 2.08. The van der Waals surface area contributed by atoms with Gasteiger partial charge in [0.05, 0.1) is 6.54 Å². The van der Waals surface area contributed by atoms with E-state index in [2.05, 4.69) is 27.9 Å². The van der Waals surface area contributed by atoms with Gasteiger partial charge in [0.25, 0.3) is 0 Å². The van der Waals surface area contributed by atoms with E-state index in [1.54, 1.807) is 0 Å². The number of rotatable bonds is 10. The lowest BCUT2D eigenvalue weighted by Gasteiger charge is -2.16. The number of halogens is 1. The zero-order valence-corrected chi connectivity index (χ0v) is 19.5. The number of ether oxygens (including phenoxy) is 1. The number of carbonyl (C=O) groups is 1. The van der Waals surface area contributed by atoms with Gasteiger partial charge in [-0.3, -0.25) is 4.79 Å². The Hall–Kier alpha value is -1.51. The lowest BCUT2D eigenvalue weighted by atomic mass is 10.2. The molecule has 1 rings (SSSR count). The molecular weight excluding hydrogens is 455 g/mol. The smallest absolute Gasteiger partial charge is 0.221 e. The maximum atomic E-state index is 11.8. The molecule has 0 aliphatic rings. The summed E-state index contributed by atoms with van der Waals surface area (Å²) in [5.74, 6) is 1.64. The second-order valence-electron chi connectivity index (χ2n) is 6.47. The van der Waals surface area contributed by atoms with E-state index in [1.807, 2.05) is 52.0 Å². The first-order valence-electron chi connectivity index (χ1n) is 9.50. The van der Waals surface area contributed by atoms with Gasteiger partial charge in [0.15, 0.2) is 5.96 Å². The molecule has 27 heavy (non-hydrogen) atoms. The van der Waals surface area contributed by atoms with Crippen molar-refractivity contribution >= 4 is 35.8 Å². The maximum absolute atomic E-state index is 11.8. The van der Waals surface area contributed by atoms with Crippen LogP contribution in [-0.2, 0) is 4.79 Å². The van der Waals surface area contributed by atoms with Crippen LogP contribution in [0.25, 0.3) is 0 Å². The monoisotopic (exact) mass is 490 g/mol. The number of hydrogen-bond acceptors (Lipinski definition) is 3. The number of carbonyl (C=O) groups excluding carboxylic acids is 1. The number of nitrogens with one attached hydrogen (secondary N) is 3. The lowest BCUT2D eigenvalue weighted by molar-refractivity contribution is -0.121. The molecule has 2 atom stereocenters. The third-order valence-corrected chi connectivity index (χ3v) is 3.94. The van der Waals surface area contributed by atoms with Crippen molar-refractivity contribution < 1.29 is 9.53 Å². The summed E-state index contributed by atoms with van der Waals surface area (Å²) < 4.78 is 5.95. The minimum Gasteiger partial charge on any atom is -0.489 e. The van der Waals surface area contributed by atoms with Gasteiger partial charge in [-0.1, -0.05) is 25.1 Å². The number of aliphatic imine (C=N–C) groups is 1. The first kappa shape index (κ1) is 25.5. The summed E-state index contributed by atoms with van der Waals surface area (Å²) in [6.07, 6.45) is 1.31. The highest BCUT2D eigenvalue weighted by molar-refractivity contribution is 14.0. The second kappa shape index (κ2) is 14.5. The topological polar surface area (TPSA) is 74.8 Å². The van der Waals surface area contributed by atoms with Crippen LogP contribution in [0.5, 0.6) is 5.75 Å². The van der Waals surface area contributed by atoms with E-state index in [1.165, 1.54) is 0 Å². The third kappa shape index (κ3) is 11.0. The van der Waals surface area contributed by atoms with Crippen molar-refractivity contribution in [2.24, 2.45) is 4.99 Å². The zero-order valence-electron chi connectivity index (χ0n) is 17.2. The van der Waals surface area contributed by atoms with Crippen molar-refractivity contribution in [3.05, 3.63) is 29.8 Å². The normalized spacial score (nSPS) is 13.1. The minimum absolute atomic E-state index is 0. The molecule has 3 N–H and O–H groups in total. The quantitative estimate of drug-likeness (QED) is 0.268. The van der Waals surface area contributed by atoms with Crippen LogP contribution in [0.2, 0.25) is 0 Å². The number of hydrogen-bond donors (Lipinski definition) is 3. The lowest BCUT2D eigenvalue weighted by Crippen LogP contribution is -2.40. The average Bonchev–Trinajstić information content (AvgIpc) is 2.61. The summed E-state index contributed by atoms with van der Waals surface area (Å²) in [4.78, 5) is 16.4. The minimum atomic E-state index is -0.0414. The molecule has 0 heterocycles. The van der Waals surface area contributed by atoms with Crippen LogP contribution in [0.15, 0.2) is 29.3 Å². The van der Waals surface area contributed by atoms with Crippen molar-refractivity contribution in [1.82, 2.24) is 16.0 Å². The maximum Gasteiger partial charge on any atom is 0.221 e. The summed E-state index contributed by atoms with van der Waals surface area (Å²) in [6, 6.07) is 8.17. The fraction of sp³-hybridized carbons (Fsp3) is 0.600. The summed E-state index contributed by atoms with van der Waals surface area (Å²) >= 11 is 0. The van der Waals surface area contributed by atoms with Crippen molar-refractivity contribution in [1.29, 1.82) is 0 Å². The first-order valence-corrected chi connectivity index (χ1v) is 9.50. The van der Waals surface area contributed by atoms with E-state index in [0.717, 1.165) is 24.3 Å². The van der Waals surface area contributed by atoms with Gasteiger partial charge in [0, 0.05) is 25.6 Å². The number of guanidine groups is 1. The fourth-order valence-electron chi connectivity index (χ4n) is 2.25. The molecule has 0 saturated carbocycles. The number of benzene rings is 1. The Morgan fingerprint density at radius 3 is 2.52 bits per heavy atom. The molecule has 0 aliphatic heterocycles. The van der Waals surface area contributed by atoms with Crippen LogP contribution in [0.1, 0.15) is 46.1 Å². The van der Waals surface area contributed by atoms with E-state index >= 15 is 0 Å². The van der Waals surface area contributed by atoms with Gasteiger partial charge in [0.2, 0.25) is 5.91 Å². The Kier molecular flexibility index (Phi) is 13.7. The van der Waals surface area contributed by atoms with E-state index in [0.29, 0.717) is 25.5 Å². The molecule has 0 saturated heterocycles. The Morgan fingerprint density at radius 2 is 1.89 bits per heavy atom. The number of para-hydroxylation sites is 1. The molecule has 1 aromatic rings. The van der Waals surface area contributed by atoms with Crippen LogP contribution < -0.4 is 20.7 Å². The van der Waals surface area contributed by atoms with Crippen molar-refractivity contribution in [2.45, 2.75) is 59.6 Å². The van der Waals surface area contributed by atoms with E-state index in [9.17, 15) is 4.79 Å². The molecule has 1 amide bonds. The molecule has 154 valence electrons. The number of aryl methyl sites for hydroxylation is 1. The van der Waals surface area contributed by atoms with Gasteiger partial charge in [-0.2, -0.15) is 0 Å². The Bertz CT molecular complexity index is 581. The van der Waals surface area contributed by atoms with Crippen molar-refractivity contribution in [2.75, 3.05) is 19.6 Å². The molecule has 6 nitrogen and oxygen atoms in total. The van der Waals surface area contributed by atoms with Gasteiger partial charge in [-0.15, -0.1) is 24.0 Å². The van der Waals surface area contributed by atoms with Crippen LogP contribution in [0, 0.1) is 6.92 Å². The molecule has 0 radical (unpaired) electrons. The van der Waals surface area contributed by atoms with Gasteiger partial charge in [-0.25, -0.2) is 4.99 Å². The van der Waals surface area contributed by atoms with Crippen molar-refractivity contribution in [3.8, 4) is 5.75 Å². The molecule has 0 aliphatic carbocycles. The molecule has 0 bridgehead atoms. The predicted molar refractivity (Wildman–Crippen MR) is 123 cm³/mol. The summed E-state index contributed by atoms with van der Waals surface area (Å²) in [6.45, 7) is 11.9. The summed E-state index contributed by atoms with van der Waals surface area (Å²) in [7, 11) is 0. The van der Waals surface area contributed by atoms with Crippen LogP contribution in [0.3, 0.4) is 0 Å². The Morgan fingerprint density at radius 1 is 1.19 bits per heavy atom. The highest BCUT2D eigenvalue weighted by atomic mass is 127. The summed E-state index contributed by atoms with van der Waals surface area (Å²) in [5.41, 5.74) is 1.11. The van der Waals surface area contributed by atoms with Gasteiger partial charge < -0.3 is 20.7 Å². The molecule has 0 aromatic heterocycles. The molecule has 0 fully saturated rings. The van der Waals surface area contributed by atoms with E-state index < -0.39 is 0 Å². The molecule has 0 spiro atoms. The standard InChI is InChI=1S/C20H34N4O2.HI/c1-6-16(4)24-19(25)12-13-22-20(21-7-2)23-14-17(5)26-18-11-9-8-10-15(18)3;/h8-11,16-17H,6-7,12-14H2,1-5H3,(H,24,25)(H2,21,22,23);1H. The average molecular weight is 490 g/mol. The van der Waals surface area contributed by atoms with Crippen LogP contribution >= 0.6 is 24.0 Å². The van der Waals surface area contributed by atoms with Crippen LogP contribution in [0.4, 0.5) is 0 Å². The molecular formula is C20H35IN4O2. The fourth-order valence-corrected chi connectivity index (χ4v) is 2.25. The summed E-state index contributed by atoms with van der Waals surface area (Å²) in [5, 5.41) is 9.35. The molecule has 7 heteroatoms. The Labute approximate surface area is 181 Å². The van der Waals surface area contributed by atoms with Gasteiger partial charge in [0.1, 0.15) is 11.9 Å². The van der Waals surface area contributed by atoms with Gasteiger partial charge in [-0.05, 0) is 45.7 Å². The number of amides is 1. The largest absolute Gasteiger partial charge is 0.489 e. The first-order chi connectivity index (χ1) is 12.5. The number of nitrogens with zero attached hydrogens (tertiary/aromatic N) is 1. The van der Waals surface area contributed by atoms with Crippen molar-refractivity contribution in [3.63, 3.8) is 0 Å². The zero-order chi connectivity index (χ0) is 19.4. The van der Waals surface area contributed by atoms with Gasteiger partial charge >= 0.3 is 0 Å². The Balaban J connectivity index is 0.00000676. The second-order valence-corrected chi connectivity index (χ2v) is 6.47. The van der Waals surface area contributed by atoms with E-state index in [-0.39, 0.29) is 42.0 Å². The third-order valence-electron chi connectivity index (χ3n) is 3.94. The highest BCUT2D eigenvalue weighted by Crippen LogP contribution is 2.17.